The lowest BCUT2D eigenvalue weighted by atomic mass is 9.47. The fraction of sp³-hybridized carbons (Fsp3) is 0.489. The summed E-state index contributed by atoms with van der Waals surface area (Å²) in [5.41, 5.74) is 8.31. The molecule has 0 saturated heterocycles. The highest BCUT2D eigenvalue weighted by molar-refractivity contribution is 5.98. The molecule has 7 rings (SSSR count). The van der Waals surface area contributed by atoms with Gasteiger partial charge in [-0.1, -0.05) is 99.1 Å². The van der Waals surface area contributed by atoms with E-state index in [1.807, 2.05) is 6.08 Å². The molecule has 51 heavy (non-hydrogen) atoms. The van der Waals surface area contributed by atoms with E-state index in [1.54, 1.807) is 6.92 Å². The van der Waals surface area contributed by atoms with E-state index in [-0.39, 0.29) is 10.8 Å². The van der Waals surface area contributed by atoms with Crippen LogP contribution in [0.5, 0.6) is 5.75 Å². The minimum absolute atomic E-state index is 0.245. The Morgan fingerprint density at radius 1 is 0.784 bits per heavy atom. The second-order valence-electron chi connectivity index (χ2n) is 16.4. The van der Waals surface area contributed by atoms with Gasteiger partial charge in [0.25, 0.3) is 0 Å². The number of likely N-dealkylation sites (N-methyl/N-ethyl adjacent to an activating group) is 1. The molecule has 0 N–H and O–H groups in total. The molecule has 0 aromatic heterocycles. The van der Waals surface area contributed by atoms with E-state index in [4.69, 9.17) is 4.74 Å². The maximum atomic E-state index is 12.1. The Labute approximate surface area is 307 Å². The van der Waals surface area contributed by atoms with Gasteiger partial charge in [0.2, 0.25) is 0 Å². The molecule has 0 unspecified atom stereocenters. The Hall–Kier alpha value is -3.76. The summed E-state index contributed by atoms with van der Waals surface area (Å²) in [6.07, 6.45) is 11.9. The van der Waals surface area contributed by atoms with Crippen molar-refractivity contribution in [2.75, 3.05) is 27.2 Å². The van der Waals surface area contributed by atoms with E-state index in [9.17, 15) is 9.59 Å². The summed E-state index contributed by atoms with van der Waals surface area (Å²) in [6, 6.07) is 29.8. The van der Waals surface area contributed by atoms with Crippen LogP contribution in [0.25, 0.3) is 11.1 Å². The average molecular weight is 686 g/mol. The molecule has 4 nitrogen and oxygen atoms in total. The van der Waals surface area contributed by atoms with Gasteiger partial charge in [-0.25, -0.2) is 0 Å². The number of hydrogen-bond acceptors (Lipinski definition) is 4. The summed E-state index contributed by atoms with van der Waals surface area (Å²) in [6.45, 7) is 10.5. The topological polar surface area (TPSA) is 46.6 Å². The van der Waals surface area contributed by atoms with Crippen LogP contribution >= 0.6 is 0 Å². The molecule has 0 radical (unpaired) electrons. The van der Waals surface area contributed by atoms with Crippen molar-refractivity contribution in [2.24, 2.45) is 34.5 Å². The number of rotatable bonds is 9. The van der Waals surface area contributed by atoms with Gasteiger partial charge in [-0.2, -0.15) is 0 Å². The molecule has 0 spiro atoms. The maximum absolute atomic E-state index is 12.1. The number of fused-ring (bicyclic) bond motifs is 5. The van der Waals surface area contributed by atoms with Crippen LogP contribution in [0, 0.1) is 34.5 Å². The first kappa shape index (κ1) is 37.0. The smallest absolute Gasteiger partial charge is 0.155 e. The lowest BCUT2D eigenvalue weighted by Crippen LogP contribution is -2.51. The van der Waals surface area contributed by atoms with Gasteiger partial charge in [-0.3, -0.25) is 9.59 Å². The van der Waals surface area contributed by atoms with Gasteiger partial charge in [0.05, 0.1) is 0 Å². The van der Waals surface area contributed by atoms with Gasteiger partial charge >= 0.3 is 0 Å². The molecule has 4 aliphatic rings. The Balaban J connectivity index is 0.000000179. The van der Waals surface area contributed by atoms with Crippen molar-refractivity contribution < 1.29 is 14.3 Å². The summed E-state index contributed by atoms with van der Waals surface area (Å²) in [5.74, 6) is 4.20. The second kappa shape index (κ2) is 15.9. The third-order valence-electron chi connectivity index (χ3n) is 13.2. The summed E-state index contributed by atoms with van der Waals surface area (Å²) in [7, 11) is 4.11. The number of ether oxygens (including phenoxy) is 1. The van der Waals surface area contributed by atoms with E-state index in [0.717, 1.165) is 62.2 Å². The highest BCUT2D eigenvalue weighted by Gasteiger charge is 2.59. The zero-order valence-corrected chi connectivity index (χ0v) is 31.9. The van der Waals surface area contributed by atoms with E-state index in [0.29, 0.717) is 24.1 Å². The number of ketones is 2. The summed E-state index contributed by atoms with van der Waals surface area (Å²) < 4.78 is 5.87. The number of benzene rings is 3. The molecule has 0 aliphatic heterocycles. The standard InChI is InChI=1S/C26H29NO.C21H30O2/c1-4-25(21-11-7-5-8-12-21)26(22-13-9-6-10-14-22)23-15-17-24(18-16-23)28-20-19-27(2)3;1-13(22)17-6-7-18-16-5-4-14-12-15(23)8-10-20(14,2)19(16)9-11-21(17,18)3/h5-18H,4,19-20H2,1-3H3;12,16-19H,4-11H2,1-3H3/b26-25-;/t;16-,17+,18-,19-,20-,21+/m.0/s1. The van der Waals surface area contributed by atoms with Crippen molar-refractivity contribution in [3.05, 3.63) is 113 Å². The molecule has 0 amide bonds. The van der Waals surface area contributed by atoms with Gasteiger partial charge in [0, 0.05) is 18.9 Å². The highest BCUT2D eigenvalue weighted by atomic mass is 16.5. The van der Waals surface area contributed by atoms with Crippen LogP contribution in [0.4, 0.5) is 0 Å². The van der Waals surface area contributed by atoms with Gasteiger partial charge in [0.1, 0.15) is 18.1 Å². The molecule has 3 aromatic carbocycles. The monoisotopic (exact) mass is 685 g/mol. The molecular weight excluding hydrogens is 627 g/mol. The Morgan fingerprint density at radius 2 is 1.43 bits per heavy atom. The average Bonchev–Trinajstić information content (AvgIpc) is 3.50. The summed E-state index contributed by atoms with van der Waals surface area (Å²) in [5, 5.41) is 0. The zero-order chi connectivity index (χ0) is 36.2. The van der Waals surface area contributed by atoms with Crippen LogP contribution < -0.4 is 4.74 Å². The third kappa shape index (κ3) is 7.72. The molecule has 270 valence electrons. The molecule has 4 aliphatic carbocycles. The lowest BCUT2D eigenvalue weighted by Gasteiger charge is -2.58. The Morgan fingerprint density at radius 3 is 2.06 bits per heavy atom. The number of nitrogens with zero attached hydrogens (tertiary/aromatic N) is 1. The normalized spacial score (nSPS) is 28.7. The van der Waals surface area contributed by atoms with Crippen LogP contribution in [-0.2, 0) is 9.59 Å². The van der Waals surface area contributed by atoms with Crippen LogP contribution in [0.15, 0.2) is 96.6 Å². The van der Waals surface area contributed by atoms with Crippen molar-refractivity contribution in [3.63, 3.8) is 0 Å². The molecule has 3 saturated carbocycles. The number of Topliss-reactive ketones (excluding diaryl/α,β-unsaturated/α-hetero) is 1. The molecule has 0 bridgehead atoms. The molecule has 6 atom stereocenters. The molecular formula is C47H59NO3. The molecule has 0 heterocycles. The van der Waals surface area contributed by atoms with Gasteiger partial charge in [0.15, 0.2) is 5.78 Å². The van der Waals surface area contributed by atoms with Crippen molar-refractivity contribution in [1.82, 2.24) is 4.90 Å². The van der Waals surface area contributed by atoms with Crippen molar-refractivity contribution in [2.45, 2.75) is 85.5 Å². The first-order valence-corrected chi connectivity index (χ1v) is 19.5. The van der Waals surface area contributed by atoms with E-state index in [2.05, 4.69) is 125 Å². The predicted molar refractivity (Wildman–Crippen MR) is 210 cm³/mol. The Bertz CT molecular complexity index is 1720. The minimum Gasteiger partial charge on any atom is -0.492 e. The van der Waals surface area contributed by atoms with Crippen molar-refractivity contribution in [3.8, 4) is 5.75 Å². The van der Waals surface area contributed by atoms with Crippen LogP contribution in [-0.4, -0.2) is 43.7 Å². The number of carbonyl (C=O) groups is 2. The quantitative estimate of drug-likeness (QED) is 0.210. The van der Waals surface area contributed by atoms with E-state index in [1.165, 1.54) is 59.1 Å². The second-order valence-corrected chi connectivity index (χ2v) is 16.4. The van der Waals surface area contributed by atoms with Crippen molar-refractivity contribution >= 4 is 22.7 Å². The van der Waals surface area contributed by atoms with Crippen molar-refractivity contribution in [1.29, 1.82) is 0 Å². The SMILES string of the molecule is CC(=O)[C@H]1CC[C@H]2[C@@H]3CCC4=CC(=O)CC[C@]4(C)[C@H]3CC[C@]12C.CC/C(=C(\c1ccccc1)c1ccc(OCCN(C)C)cc1)c1ccccc1. The molecule has 4 heteroatoms. The fourth-order valence-corrected chi connectivity index (χ4v) is 10.6. The lowest BCUT2D eigenvalue weighted by molar-refractivity contribution is -0.128. The maximum Gasteiger partial charge on any atom is 0.155 e. The summed E-state index contributed by atoms with van der Waals surface area (Å²) in [4.78, 5) is 26.1. The highest BCUT2D eigenvalue weighted by Crippen LogP contribution is 2.66. The Kier molecular flexibility index (Phi) is 11.5. The van der Waals surface area contributed by atoms with E-state index < -0.39 is 0 Å². The molecule has 3 fully saturated rings. The van der Waals surface area contributed by atoms with Crippen LogP contribution in [0.1, 0.15) is 102 Å². The first-order valence-electron chi connectivity index (χ1n) is 19.5. The first-order chi connectivity index (χ1) is 24.5. The van der Waals surface area contributed by atoms with Gasteiger partial charge in [-0.15, -0.1) is 0 Å². The number of allylic oxidation sites excluding steroid dienone is 2. The predicted octanol–water partition coefficient (Wildman–Crippen LogP) is 10.7. The zero-order valence-electron chi connectivity index (χ0n) is 31.9. The minimum atomic E-state index is 0.245. The number of carbonyl (C=O) groups excluding carboxylic acids is 2. The van der Waals surface area contributed by atoms with Crippen LogP contribution in [0.2, 0.25) is 0 Å². The summed E-state index contributed by atoms with van der Waals surface area (Å²) >= 11 is 0. The molecule has 3 aromatic rings. The van der Waals surface area contributed by atoms with Crippen LogP contribution in [0.3, 0.4) is 0 Å². The van der Waals surface area contributed by atoms with Gasteiger partial charge < -0.3 is 9.64 Å². The van der Waals surface area contributed by atoms with E-state index >= 15 is 0 Å². The largest absolute Gasteiger partial charge is 0.492 e. The third-order valence-corrected chi connectivity index (χ3v) is 13.2. The van der Waals surface area contributed by atoms with Gasteiger partial charge in [-0.05, 0) is 147 Å². The number of hydrogen-bond donors (Lipinski definition) is 0. The fourth-order valence-electron chi connectivity index (χ4n) is 10.6.